The van der Waals surface area contributed by atoms with Crippen LogP contribution in [0.5, 0.6) is 0 Å². The van der Waals surface area contributed by atoms with E-state index in [0.29, 0.717) is 24.1 Å². The van der Waals surface area contributed by atoms with E-state index in [1.807, 2.05) is 31.2 Å². The van der Waals surface area contributed by atoms with Gasteiger partial charge < -0.3 is 13.7 Å². The molecule has 0 aliphatic rings. The maximum Gasteiger partial charge on any atom is 0.302 e. The number of fused-ring (bicyclic) bond motifs is 2. The first-order valence-corrected chi connectivity index (χ1v) is 8.98. The largest absolute Gasteiger partial charge is 0.425 e. The quantitative estimate of drug-likeness (QED) is 0.477. The molecule has 0 saturated heterocycles. The van der Waals surface area contributed by atoms with Crippen molar-refractivity contribution in [3.05, 3.63) is 94.4 Å². The number of carbonyl (C=O) groups excluding carboxylic acids is 1. The highest BCUT2D eigenvalue weighted by molar-refractivity contribution is 5.97. The van der Waals surface area contributed by atoms with Crippen LogP contribution in [0.15, 0.2) is 80.9 Å². The molecule has 28 heavy (non-hydrogen) atoms. The number of para-hydroxylation sites is 1. The second kappa shape index (κ2) is 7.19. The lowest BCUT2D eigenvalue weighted by Gasteiger charge is -2.20. The summed E-state index contributed by atoms with van der Waals surface area (Å²) in [7, 11) is 0. The number of amides is 1. The third kappa shape index (κ3) is 3.22. The average molecular weight is 373 g/mol. The highest BCUT2D eigenvalue weighted by Crippen LogP contribution is 2.23. The van der Waals surface area contributed by atoms with Crippen LogP contribution in [0.3, 0.4) is 0 Å². The molecule has 5 nitrogen and oxygen atoms in total. The molecule has 4 aromatic rings. The molecule has 140 valence electrons. The Morgan fingerprint density at radius 1 is 1.07 bits per heavy atom. The predicted octanol–water partition coefficient (Wildman–Crippen LogP) is 4.68. The Morgan fingerprint density at radius 2 is 1.82 bits per heavy atom. The Balaban J connectivity index is 1.72. The third-order valence-corrected chi connectivity index (χ3v) is 4.62. The van der Waals surface area contributed by atoms with E-state index in [9.17, 15) is 9.59 Å². The molecule has 0 bridgehead atoms. The molecule has 1 amide bonds. The molecule has 0 aliphatic heterocycles. The van der Waals surface area contributed by atoms with Crippen molar-refractivity contribution >= 4 is 28.0 Å². The topological polar surface area (TPSA) is 63.7 Å². The molecular formula is C23H19NO4. The Labute approximate surface area is 161 Å². The zero-order valence-corrected chi connectivity index (χ0v) is 15.5. The van der Waals surface area contributed by atoms with Gasteiger partial charge in [0.05, 0.1) is 5.39 Å². The van der Waals surface area contributed by atoms with Gasteiger partial charge in [-0.15, -0.1) is 6.58 Å². The van der Waals surface area contributed by atoms with Crippen molar-refractivity contribution in [3.8, 4) is 0 Å². The first kappa shape index (κ1) is 17.8. The van der Waals surface area contributed by atoms with Gasteiger partial charge in [-0.1, -0.05) is 48.0 Å². The van der Waals surface area contributed by atoms with Crippen molar-refractivity contribution < 1.29 is 13.6 Å². The van der Waals surface area contributed by atoms with E-state index >= 15 is 0 Å². The van der Waals surface area contributed by atoms with E-state index in [1.54, 1.807) is 35.2 Å². The lowest BCUT2D eigenvalue weighted by molar-refractivity contribution is 0.0731. The average Bonchev–Trinajstić information content (AvgIpc) is 3.13. The molecule has 0 unspecified atom stereocenters. The number of benzene rings is 2. The number of hydrogen-bond acceptors (Lipinski definition) is 4. The fraction of sp³-hybridized carbons (Fsp3) is 0.130. The molecule has 0 aliphatic carbocycles. The van der Waals surface area contributed by atoms with Gasteiger partial charge in [0.2, 0.25) is 5.43 Å². The van der Waals surface area contributed by atoms with E-state index in [0.717, 1.165) is 11.1 Å². The van der Waals surface area contributed by atoms with Crippen LogP contribution in [-0.4, -0.2) is 17.4 Å². The van der Waals surface area contributed by atoms with Gasteiger partial charge in [0.1, 0.15) is 11.0 Å². The molecule has 0 saturated carbocycles. The Hall–Kier alpha value is -3.60. The molecular weight excluding hydrogens is 354 g/mol. The molecule has 0 radical (unpaired) electrons. The van der Waals surface area contributed by atoms with Gasteiger partial charge in [-0.2, -0.15) is 0 Å². The van der Waals surface area contributed by atoms with E-state index < -0.39 is 0 Å². The smallest absolute Gasteiger partial charge is 0.302 e. The number of aryl methyl sites for hydroxylation is 1. The highest BCUT2D eigenvalue weighted by atomic mass is 16.5. The van der Waals surface area contributed by atoms with Crippen LogP contribution in [0.25, 0.3) is 22.1 Å². The highest BCUT2D eigenvalue weighted by Gasteiger charge is 2.22. The molecule has 0 fully saturated rings. The molecule has 0 atom stereocenters. The van der Waals surface area contributed by atoms with Gasteiger partial charge in [-0.25, -0.2) is 0 Å². The fourth-order valence-corrected chi connectivity index (χ4v) is 3.15. The molecule has 2 aromatic heterocycles. The normalized spacial score (nSPS) is 11.0. The van der Waals surface area contributed by atoms with Crippen molar-refractivity contribution in [1.82, 2.24) is 4.90 Å². The van der Waals surface area contributed by atoms with Crippen molar-refractivity contribution in [3.63, 3.8) is 0 Å². The maximum absolute atomic E-state index is 13.0. The SMILES string of the molecule is C=CCN(Cc1ccc(C)cc1)C(=O)c1cc2c(=O)c3ccccc3oc2o1. The van der Waals surface area contributed by atoms with E-state index in [-0.39, 0.29) is 28.3 Å². The van der Waals surface area contributed by atoms with E-state index in [1.165, 1.54) is 6.07 Å². The monoisotopic (exact) mass is 373 g/mol. The standard InChI is InChI=1S/C23H19NO4/c1-3-12-24(14-16-10-8-15(2)9-11-16)22(26)20-13-18-21(25)17-6-4-5-7-19(17)27-23(18)28-20/h3-11,13H,1,12,14H2,2H3. The predicted molar refractivity (Wildman–Crippen MR) is 108 cm³/mol. The first-order valence-electron chi connectivity index (χ1n) is 8.98. The van der Waals surface area contributed by atoms with E-state index in [2.05, 4.69) is 6.58 Å². The number of rotatable bonds is 5. The molecule has 4 rings (SSSR count). The summed E-state index contributed by atoms with van der Waals surface area (Å²) in [6.07, 6.45) is 1.66. The van der Waals surface area contributed by atoms with Crippen LogP contribution in [-0.2, 0) is 6.54 Å². The Kier molecular flexibility index (Phi) is 4.57. The fourth-order valence-electron chi connectivity index (χ4n) is 3.15. The van der Waals surface area contributed by atoms with Crippen molar-refractivity contribution in [2.24, 2.45) is 0 Å². The second-order valence-electron chi connectivity index (χ2n) is 6.70. The number of carbonyl (C=O) groups is 1. The van der Waals surface area contributed by atoms with Gasteiger partial charge in [-0.3, -0.25) is 9.59 Å². The van der Waals surface area contributed by atoms with Crippen LogP contribution in [0.4, 0.5) is 0 Å². The molecule has 0 N–H and O–H groups in total. The van der Waals surface area contributed by atoms with Gasteiger partial charge in [0.15, 0.2) is 5.76 Å². The van der Waals surface area contributed by atoms with Crippen LogP contribution < -0.4 is 5.43 Å². The van der Waals surface area contributed by atoms with Gasteiger partial charge in [0, 0.05) is 19.2 Å². The maximum atomic E-state index is 13.0. The number of furan rings is 1. The van der Waals surface area contributed by atoms with Crippen molar-refractivity contribution in [2.75, 3.05) is 6.54 Å². The van der Waals surface area contributed by atoms with Crippen LogP contribution >= 0.6 is 0 Å². The summed E-state index contributed by atoms with van der Waals surface area (Å²) >= 11 is 0. The molecule has 2 heterocycles. The minimum absolute atomic E-state index is 0.0564. The van der Waals surface area contributed by atoms with Crippen LogP contribution in [0.2, 0.25) is 0 Å². The molecule has 0 spiro atoms. The van der Waals surface area contributed by atoms with Gasteiger partial charge in [0.25, 0.3) is 5.91 Å². The third-order valence-electron chi connectivity index (χ3n) is 4.62. The lowest BCUT2D eigenvalue weighted by Crippen LogP contribution is -2.30. The van der Waals surface area contributed by atoms with Crippen molar-refractivity contribution in [1.29, 1.82) is 0 Å². The lowest BCUT2D eigenvalue weighted by atomic mass is 10.1. The Bertz CT molecular complexity index is 1230. The van der Waals surface area contributed by atoms with Crippen LogP contribution in [0, 0.1) is 6.92 Å². The van der Waals surface area contributed by atoms with Crippen LogP contribution in [0.1, 0.15) is 21.7 Å². The summed E-state index contributed by atoms with van der Waals surface area (Å²) in [4.78, 5) is 27.3. The van der Waals surface area contributed by atoms with E-state index in [4.69, 9.17) is 8.83 Å². The minimum Gasteiger partial charge on any atom is -0.425 e. The summed E-state index contributed by atoms with van der Waals surface area (Å²) in [6, 6.07) is 16.4. The van der Waals surface area contributed by atoms with Gasteiger partial charge >= 0.3 is 5.78 Å². The second-order valence-corrected chi connectivity index (χ2v) is 6.70. The van der Waals surface area contributed by atoms with Crippen molar-refractivity contribution in [2.45, 2.75) is 13.5 Å². The molecule has 5 heteroatoms. The summed E-state index contributed by atoms with van der Waals surface area (Å²) in [5.74, 6) is -0.198. The molecule has 2 aromatic carbocycles. The van der Waals surface area contributed by atoms with Gasteiger partial charge in [-0.05, 0) is 24.6 Å². The number of nitrogens with zero attached hydrogens (tertiary/aromatic N) is 1. The Morgan fingerprint density at radius 3 is 2.57 bits per heavy atom. The zero-order chi connectivity index (χ0) is 19.7. The summed E-state index contributed by atoms with van der Waals surface area (Å²) in [5, 5.41) is 0.716. The zero-order valence-electron chi connectivity index (χ0n) is 15.5. The summed E-state index contributed by atoms with van der Waals surface area (Å²) in [5.41, 5.74) is 2.36. The minimum atomic E-state index is -0.324. The summed E-state index contributed by atoms with van der Waals surface area (Å²) < 4.78 is 11.3. The summed E-state index contributed by atoms with van der Waals surface area (Å²) in [6.45, 7) is 6.51. The number of hydrogen-bond donors (Lipinski definition) is 0. The first-order chi connectivity index (χ1) is 13.6.